The first kappa shape index (κ1) is 19.7. The molecule has 0 saturated carbocycles. The molecular formula is C21H21ClN4O2S. The Kier molecular flexibility index (Phi) is 5.21. The van der Waals surface area contributed by atoms with Gasteiger partial charge >= 0.3 is 0 Å². The summed E-state index contributed by atoms with van der Waals surface area (Å²) in [5, 5.41) is 2.19. The third-order valence-corrected chi connectivity index (χ3v) is 6.48. The summed E-state index contributed by atoms with van der Waals surface area (Å²) in [6, 6.07) is 15.7. The molecule has 0 aliphatic rings. The van der Waals surface area contributed by atoms with Crippen LogP contribution in [0, 0.1) is 0 Å². The van der Waals surface area contributed by atoms with Crippen molar-refractivity contribution in [3.05, 3.63) is 65.9 Å². The fraction of sp³-hybridized carbons (Fsp3) is 0.190. The Morgan fingerprint density at radius 2 is 1.93 bits per heavy atom. The van der Waals surface area contributed by atoms with Crippen LogP contribution in [-0.2, 0) is 16.6 Å². The first-order chi connectivity index (χ1) is 13.8. The molecule has 0 aliphatic carbocycles. The largest absolute Gasteiger partial charge is 0.329 e. The summed E-state index contributed by atoms with van der Waals surface area (Å²) in [6.07, 6.45) is 1.78. The minimum absolute atomic E-state index is 0.188. The lowest BCUT2D eigenvalue weighted by Gasteiger charge is -2.12. The zero-order valence-corrected chi connectivity index (χ0v) is 17.7. The highest BCUT2D eigenvalue weighted by atomic mass is 35.5. The average Bonchev–Trinajstić information content (AvgIpc) is 3.08. The van der Waals surface area contributed by atoms with E-state index in [-0.39, 0.29) is 4.90 Å². The highest BCUT2D eigenvalue weighted by Crippen LogP contribution is 2.27. The lowest BCUT2D eigenvalue weighted by atomic mass is 10.1. The maximum absolute atomic E-state index is 12.9. The number of likely N-dealkylation sites (N-methyl/N-ethyl adjacent to an activating group) is 1. The molecule has 8 heteroatoms. The van der Waals surface area contributed by atoms with Crippen LogP contribution in [0.2, 0.25) is 5.02 Å². The van der Waals surface area contributed by atoms with E-state index in [1.807, 2.05) is 36.9 Å². The first-order valence-electron chi connectivity index (χ1n) is 9.14. The molecule has 3 aromatic carbocycles. The second kappa shape index (κ2) is 7.67. The van der Waals surface area contributed by atoms with Crippen LogP contribution in [0.5, 0.6) is 0 Å². The molecule has 0 aliphatic heterocycles. The highest BCUT2D eigenvalue weighted by Gasteiger charge is 2.16. The van der Waals surface area contributed by atoms with Crippen molar-refractivity contribution < 1.29 is 8.42 Å². The van der Waals surface area contributed by atoms with Gasteiger partial charge in [-0.3, -0.25) is 4.72 Å². The number of nitrogens with one attached hydrogen (secondary N) is 1. The molecule has 0 atom stereocenters. The van der Waals surface area contributed by atoms with Crippen molar-refractivity contribution in [2.24, 2.45) is 0 Å². The van der Waals surface area contributed by atoms with Crippen molar-refractivity contribution in [3.8, 4) is 0 Å². The second-order valence-corrected chi connectivity index (χ2v) is 9.26. The Morgan fingerprint density at radius 1 is 1.10 bits per heavy atom. The van der Waals surface area contributed by atoms with Gasteiger partial charge in [-0.2, -0.15) is 0 Å². The number of benzene rings is 3. The van der Waals surface area contributed by atoms with Crippen molar-refractivity contribution >= 4 is 49.1 Å². The van der Waals surface area contributed by atoms with Gasteiger partial charge in [-0.15, -0.1) is 0 Å². The number of nitrogens with zero attached hydrogens (tertiary/aromatic N) is 3. The van der Waals surface area contributed by atoms with E-state index in [1.54, 1.807) is 42.7 Å². The summed E-state index contributed by atoms with van der Waals surface area (Å²) in [7, 11) is 0.280. The third-order valence-electron chi connectivity index (χ3n) is 4.77. The summed E-state index contributed by atoms with van der Waals surface area (Å²) in [4.78, 5) is 6.67. The van der Waals surface area contributed by atoms with Crippen molar-refractivity contribution in [1.82, 2.24) is 14.5 Å². The van der Waals surface area contributed by atoms with Crippen molar-refractivity contribution in [2.75, 3.05) is 25.4 Å². The number of hydrogen-bond acceptors (Lipinski definition) is 4. The fourth-order valence-electron chi connectivity index (χ4n) is 3.21. The van der Waals surface area contributed by atoms with Crippen LogP contribution in [0.1, 0.15) is 0 Å². The molecule has 1 N–H and O–H groups in total. The van der Waals surface area contributed by atoms with Gasteiger partial charge in [0.15, 0.2) is 0 Å². The SMILES string of the molecule is CN(C)CCn1cnc2ccc(NS(=O)(=O)c3ccc4c(Cl)cccc4c3)cc21. The topological polar surface area (TPSA) is 67.2 Å². The number of halogens is 1. The quantitative estimate of drug-likeness (QED) is 0.499. The smallest absolute Gasteiger partial charge is 0.261 e. The van der Waals surface area contributed by atoms with E-state index in [9.17, 15) is 8.42 Å². The van der Waals surface area contributed by atoms with Gasteiger partial charge in [-0.25, -0.2) is 13.4 Å². The van der Waals surface area contributed by atoms with Crippen molar-refractivity contribution in [2.45, 2.75) is 11.4 Å². The molecule has 4 rings (SSSR count). The number of anilines is 1. The Morgan fingerprint density at radius 3 is 2.72 bits per heavy atom. The summed E-state index contributed by atoms with van der Waals surface area (Å²) >= 11 is 6.18. The van der Waals surface area contributed by atoms with Crippen LogP contribution in [0.15, 0.2) is 65.8 Å². The lowest BCUT2D eigenvalue weighted by molar-refractivity contribution is 0.386. The zero-order valence-electron chi connectivity index (χ0n) is 16.1. The molecule has 1 heterocycles. The van der Waals surface area contributed by atoms with E-state index in [0.717, 1.165) is 34.9 Å². The van der Waals surface area contributed by atoms with Gasteiger partial charge < -0.3 is 9.47 Å². The zero-order chi connectivity index (χ0) is 20.6. The molecule has 0 unspecified atom stereocenters. The van der Waals surface area contributed by atoms with Gasteiger partial charge in [0.25, 0.3) is 10.0 Å². The molecule has 4 aromatic rings. The van der Waals surface area contributed by atoms with Crippen LogP contribution >= 0.6 is 11.6 Å². The minimum Gasteiger partial charge on any atom is -0.329 e. The summed E-state index contributed by atoms with van der Waals surface area (Å²) in [5.41, 5.74) is 2.21. The lowest BCUT2D eigenvalue weighted by Crippen LogP contribution is -2.18. The summed E-state index contributed by atoms with van der Waals surface area (Å²) in [6.45, 7) is 1.63. The maximum atomic E-state index is 12.9. The van der Waals surface area contributed by atoms with Gasteiger partial charge in [0, 0.05) is 23.5 Å². The van der Waals surface area contributed by atoms with E-state index in [0.29, 0.717) is 10.7 Å². The Balaban J connectivity index is 1.65. The van der Waals surface area contributed by atoms with Gasteiger partial charge in [0.2, 0.25) is 0 Å². The van der Waals surface area contributed by atoms with Crippen molar-refractivity contribution in [3.63, 3.8) is 0 Å². The number of sulfonamides is 1. The second-order valence-electron chi connectivity index (χ2n) is 7.17. The van der Waals surface area contributed by atoms with E-state index < -0.39 is 10.0 Å². The van der Waals surface area contributed by atoms with Gasteiger partial charge in [-0.1, -0.05) is 29.8 Å². The van der Waals surface area contributed by atoms with Crippen LogP contribution in [0.3, 0.4) is 0 Å². The van der Waals surface area contributed by atoms with Crippen LogP contribution < -0.4 is 4.72 Å². The predicted molar refractivity (Wildman–Crippen MR) is 118 cm³/mol. The van der Waals surface area contributed by atoms with E-state index >= 15 is 0 Å². The number of hydrogen-bond donors (Lipinski definition) is 1. The summed E-state index contributed by atoms with van der Waals surface area (Å²) < 4.78 is 30.6. The predicted octanol–water partition coefficient (Wildman–Crippen LogP) is 4.21. The molecule has 0 saturated heterocycles. The number of rotatable bonds is 6. The van der Waals surface area contributed by atoms with Gasteiger partial charge in [0.05, 0.1) is 27.9 Å². The van der Waals surface area contributed by atoms with Gasteiger partial charge in [-0.05, 0) is 55.9 Å². The molecule has 0 radical (unpaired) electrons. The Labute approximate surface area is 174 Å². The molecule has 0 amide bonds. The molecule has 0 spiro atoms. The number of aromatic nitrogens is 2. The molecule has 150 valence electrons. The highest BCUT2D eigenvalue weighted by molar-refractivity contribution is 7.92. The first-order valence-corrected chi connectivity index (χ1v) is 11.0. The standard InChI is InChI=1S/C21H21ClN4O2S/c1-25(2)10-11-26-14-23-20-9-6-16(13-21(20)26)24-29(27,28)17-7-8-18-15(12-17)4-3-5-19(18)22/h3-9,12-14,24H,10-11H2,1-2H3. The minimum atomic E-state index is -3.74. The fourth-order valence-corrected chi connectivity index (χ4v) is 4.54. The third kappa shape index (κ3) is 4.07. The molecular weight excluding hydrogens is 408 g/mol. The van der Waals surface area contributed by atoms with Crippen LogP contribution in [0.4, 0.5) is 5.69 Å². The van der Waals surface area contributed by atoms with Crippen molar-refractivity contribution in [1.29, 1.82) is 0 Å². The molecule has 0 bridgehead atoms. The average molecular weight is 429 g/mol. The molecule has 1 aromatic heterocycles. The van der Waals surface area contributed by atoms with Crippen LogP contribution in [0.25, 0.3) is 21.8 Å². The van der Waals surface area contributed by atoms with E-state index in [1.165, 1.54) is 0 Å². The van der Waals surface area contributed by atoms with E-state index in [4.69, 9.17) is 11.6 Å². The summed E-state index contributed by atoms with van der Waals surface area (Å²) in [5.74, 6) is 0. The number of fused-ring (bicyclic) bond motifs is 2. The molecule has 6 nitrogen and oxygen atoms in total. The van der Waals surface area contributed by atoms with Gasteiger partial charge in [0.1, 0.15) is 0 Å². The Bertz CT molecular complexity index is 1300. The van der Waals surface area contributed by atoms with E-state index in [2.05, 4.69) is 14.6 Å². The maximum Gasteiger partial charge on any atom is 0.261 e. The number of imidazole rings is 1. The molecule has 29 heavy (non-hydrogen) atoms. The monoisotopic (exact) mass is 428 g/mol. The Hall–Kier alpha value is -2.61. The normalized spacial score (nSPS) is 12.1. The van der Waals surface area contributed by atoms with Crippen LogP contribution in [-0.4, -0.2) is 43.5 Å². The molecule has 0 fully saturated rings.